The van der Waals surface area contributed by atoms with Gasteiger partial charge >= 0.3 is 0 Å². The zero-order chi connectivity index (χ0) is 19.6. The summed E-state index contributed by atoms with van der Waals surface area (Å²) >= 11 is 0. The molecule has 3 rings (SSSR count). The first-order valence-electron chi connectivity index (χ1n) is 9.39. The van der Waals surface area contributed by atoms with Crippen molar-refractivity contribution in [1.82, 2.24) is 0 Å². The predicted molar refractivity (Wildman–Crippen MR) is 126 cm³/mol. The van der Waals surface area contributed by atoms with Gasteiger partial charge in [0.05, 0.1) is 0 Å². The molecule has 3 aromatic rings. The molecule has 1 heteroatoms. The Balaban J connectivity index is 0.000000239. The number of hydrogen-bond donors (Lipinski definition) is 0. The van der Waals surface area contributed by atoms with E-state index in [0.29, 0.717) is 0 Å². The summed E-state index contributed by atoms with van der Waals surface area (Å²) in [7, 11) is 0.777. The van der Waals surface area contributed by atoms with E-state index >= 15 is 0 Å². The standard InChI is InChI=1S/C12H11P.C11H14.C3H6/c1-3-7-11(8-4-1)13-12-9-5-2-6-10-12;1-2-3-5-8-11-9-6-4-7-10-11;1-3-2/h1-10,13H;2-4,6-7,9-10H,5,8H2,1H3;3H,1H2,2H3/b;3-2-;. The zero-order valence-electron chi connectivity index (χ0n) is 16.5. The predicted octanol–water partition coefficient (Wildman–Crippen LogP) is 6.70. The molecule has 0 atom stereocenters. The summed E-state index contributed by atoms with van der Waals surface area (Å²) in [5, 5.41) is 2.79. The second-order valence-electron chi connectivity index (χ2n) is 5.86. The van der Waals surface area contributed by atoms with Crippen LogP contribution in [0.2, 0.25) is 0 Å². The van der Waals surface area contributed by atoms with Gasteiger partial charge in [-0.3, -0.25) is 0 Å². The molecular formula is C26H31P. The molecule has 0 unspecified atom stereocenters. The molecule has 0 bridgehead atoms. The average Bonchev–Trinajstić information content (AvgIpc) is 2.72. The number of hydrogen-bond acceptors (Lipinski definition) is 0. The van der Waals surface area contributed by atoms with Crippen molar-refractivity contribution in [1.29, 1.82) is 0 Å². The average molecular weight is 375 g/mol. The van der Waals surface area contributed by atoms with Crippen molar-refractivity contribution in [2.45, 2.75) is 26.7 Å². The molecule has 0 aromatic heterocycles. The maximum Gasteiger partial charge on any atom is -0.0226 e. The summed E-state index contributed by atoms with van der Waals surface area (Å²) in [5.74, 6) is 0. The molecule has 0 nitrogen and oxygen atoms in total. The third kappa shape index (κ3) is 11.7. The summed E-state index contributed by atoms with van der Waals surface area (Å²) in [4.78, 5) is 0. The van der Waals surface area contributed by atoms with Gasteiger partial charge in [0.15, 0.2) is 0 Å². The fourth-order valence-corrected chi connectivity index (χ4v) is 3.32. The first kappa shape index (κ1) is 22.6. The highest BCUT2D eigenvalue weighted by Gasteiger charge is 1.92. The summed E-state index contributed by atoms with van der Waals surface area (Å²) in [5.41, 5.74) is 1.42. The molecule has 0 N–H and O–H groups in total. The number of rotatable bonds is 5. The first-order valence-corrected chi connectivity index (χ1v) is 10.4. The van der Waals surface area contributed by atoms with E-state index < -0.39 is 0 Å². The van der Waals surface area contributed by atoms with Gasteiger partial charge in [-0.1, -0.05) is 118 Å². The number of benzene rings is 3. The maximum absolute atomic E-state index is 3.36. The Kier molecular flexibility index (Phi) is 13.2. The molecule has 27 heavy (non-hydrogen) atoms. The fourth-order valence-electron chi connectivity index (χ4n) is 2.27. The van der Waals surface area contributed by atoms with Gasteiger partial charge in [0.25, 0.3) is 0 Å². The molecule has 0 aliphatic rings. The summed E-state index contributed by atoms with van der Waals surface area (Å²) in [6.07, 6.45) is 8.36. The van der Waals surface area contributed by atoms with Crippen LogP contribution in [-0.4, -0.2) is 0 Å². The van der Waals surface area contributed by atoms with Crippen molar-refractivity contribution in [2.24, 2.45) is 0 Å². The lowest BCUT2D eigenvalue weighted by molar-refractivity contribution is 1.000. The lowest BCUT2D eigenvalue weighted by Crippen LogP contribution is -2.01. The monoisotopic (exact) mass is 374 g/mol. The molecular weight excluding hydrogens is 343 g/mol. The summed E-state index contributed by atoms with van der Waals surface area (Å²) in [6, 6.07) is 31.7. The van der Waals surface area contributed by atoms with Crippen LogP contribution in [0.1, 0.15) is 25.8 Å². The van der Waals surface area contributed by atoms with Gasteiger partial charge in [-0.25, -0.2) is 0 Å². The van der Waals surface area contributed by atoms with Crippen molar-refractivity contribution >= 4 is 19.2 Å². The normalized spacial score (nSPS) is 9.56. The van der Waals surface area contributed by atoms with Gasteiger partial charge < -0.3 is 0 Å². The van der Waals surface area contributed by atoms with Gasteiger partial charge in [-0.05, 0) is 42.9 Å². The van der Waals surface area contributed by atoms with Crippen molar-refractivity contribution in [3.63, 3.8) is 0 Å². The van der Waals surface area contributed by atoms with Crippen LogP contribution in [-0.2, 0) is 6.42 Å². The SMILES string of the molecule is C/C=C\CCc1ccccc1.C=CC.c1ccc(Pc2ccccc2)cc1. The van der Waals surface area contributed by atoms with Gasteiger partial charge in [0.2, 0.25) is 0 Å². The van der Waals surface area contributed by atoms with Crippen molar-refractivity contribution in [2.75, 3.05) is 0 Å². The molecule has 0 saturated carbocycles. The van der Waals surface area contributed by atoms with E-state index in [1.54, 1.807) is 6.08 Å². The number of allylic oxidation sites excluding steroid dienone is 3. The lowest BCUT2D eigenvalue weighted by Gasteiger charge is -2.00. The quantitative estimate of drug-likeness (QED) is 0.344. The second kappa shape index (κ2) is 15.8. The Bertz CT molecular complexity index is 693. The molecule has 0 aliphatic heterocycles. The van der Waals surface area contributed by atoms with Crippen LogP contribution in [0.15, 0.2) is 116 Å². The van der Waals surface area contributed by atoms with Crippen molar-refractivity contribution in [3.8, 4) is 0 Å². The Morgan fingerprint density at radius 1 is 0.704 bits per heavy atom. The Morgan fingerprint density at radius 3 is 1.52 bits per heavy atom. The van der Waals surface area contributed by atoms with Gasteiger partial charge in [0, 0.05) is 0 Å². The van der Waals surface area contributed by atoms with E-state index in [0.717, 1.165) is 21.4 Å². The molecule has 0 saturated heterocycles. The first-order chi connectivity index (χ1) is 13.3. The van der Waals surface area contributed by atoms with Crippen LogP contribution >= 0.6 is 8.58 Å². The van der Waals surface area contributed by atoms with E-state index in [1.807, 2.05) is 6.92 Å². The van der Waals surface area contributed by atoms with E-state index in [2.05, 4.69) is 117 Å². The van der Waals surface area contributed by atoms with E-state index in [1.165, 1.54) is 16.2 Å². The van der Waals surface area contributed by atoms with E-state index in [-0.39, 0.29) is 0 Å². The van der Waals surface area contributed by atoms with Gasteiger partial charge in [-0.2, -0.15) is 0 Å². The molecule has 140 valence electrons. The highest BCUT2D eigenvalue weighted by molar-refractivity contribution is 7.55. The largest absolute Gasteiger partial charge is 0.103 e. The summed E-state index contributed by atoms with van der Waals surface area (Å²) in [6.45, 7) is 7.31. The van der Waals surface area contributed by atoms with E-state index in [9.17, 15) is 0 Å². The highest BCUT2D eigenvalue weighted by Crippen LogP contribution is 2.08. The highest BCUT2D eigenvalue weighted by atomic mass is 31.1. The Hall–Kier alpha value is -2.43. The molecule has 0 aliphatic carbocycles. The topological polar surface area (TPSA) is 0 Å². The zero-order valence-corrected chi connectivity index (χ0v) is 17.5. The molecule has 0 radical (unpaired) electrons. The molecule has 3 aromatic carbocycles. The third-order valence-electron chi connectivity index (χ3n) is 3.51. The minimum absolute atomic E-state index is 0.777. The van der Waals surface area contributed by atoms with Crippen LogP contribution in [0.4, 0.5) is 0 Å². The fraction of sp³-hybridized carbons (Fsp3) is 0.154. The van der Waals surface area contributed by atoms with Crippen LogP contribution in [0.25, 0.3) is 0 Å². The minimum Gasteiger partial charge on any atom is -0.103 e. The van der Waals surface area contributed by atoms with Crippen molar-refractivity contribution < 1.29 is 0 Å². The number of aryl methyl sites for hydroxylation is 1. The van der Waals surface area contributed by atoms with Crippen LogP contribution in [0.3, 0.4) is 0 Å². The second-order valence-corrected chi connectivity index (χ2v) is 7.26. The van der Waals surface area contributed by atoms with Gasteiger partial charge in [0.1, 0.15) is 0 Å². The van der Waals surface area contributed by atoms with Crippen molar-refractivity contribution in [3.05, 3.63) is 121 Å². The molecule has 0 heterocycles. The lowest BCUT2D eigenvalue weighted by atomic mass is 10.1. The van der Waals surface area contributed by atoms with Gasteiger partial charge in [-0.15, -0.1) is 6.58 Å². The molecule has 0 fully saturated rings. The Morgan fingerprint density at radius 2 is 1.11 bits per heavy atom. The Labute approximate surface area is 167 Å². The minimum atomic E-state index is 0.777. The summed E-state index contributed by atoms with van der Waals surface area (Å²) < 4.78 is 0. The van der Waals surface area contributed by atoms with Crippen LogP contribution in [0.5, 0.6) is 0 Å². The van der Waals surface area contributed by atoms with Crippen LogP contribution in [0, 0.1) is 0 Å². The van der Waals surface area contributed by atoms with Crippen LogP contribution < -0.4 is 10.6 Å². The maximum atomic E-state index is 3.36. The third-order valence-corrected chi connectivity index (χ3v) is 4.76. The molecule has 0 amide bonds. The van der Waals surface area contributed by atoms with E-state index in [4.69, 9.17) is 0 Å². The smallest absolute Gasteiger partial charge is 0.0226 e. The molecule has 0 spiro atoms.